The average molecular weight is 492 g/mol. The Balaban J connectivity index is 2.12. The molecule has 2 aromatic carbocycles. The smallest absolute Gasteiger partial charge is 0.304 e. The minimum Gasteiger partial charge on any atom is -0.481 e. The van der Waals surface area contributed by atoms with Crippen molar-refractivity contribution in [3.8, 4) is 0 Å². The number of rotatable bonds is 10. The van der Waals surface area contributed by atoms with Crippen LogP contribution in [0.3, 0.4) is 0 Å². The molecule has 0 radical (unpaired) electrons. The molecule has 1 aliphatic heterocycles. The van der Waals surface area contributed by atoms with E-state index in [0.29, 0.717) is 16.7 Å². The van der Waals surface area contributed by atoms with E-state index >= 15 is 0 Å². The van der Waals surface area contributed by atoms with E-state index in [0.717, 1.165) is 17.4 Å². The SMILES string of the molecule is CCOC[C@H](CC=O)[C@]1(CC(=O)O)C[C@H](c2cccc(Cl)c2)[C@@H](c2ccc(Cl)cc2)NC1=O. The van der Waals surface area contributed by atoms with Crippen molar-refractivity contribution in [2.75, 3.05) is 13.2 Å². The Bertz CT molecular complexity index is 997. The minimum atomic E-state index is -1.32. The number of nitrogens with one attached hydrogen (secondary N) is 1. The van der Waals surface area contributed by atoms with Gasteiger partial charge in [0.1, 0.15) is 6.29 Å². The molecule has 1 aliphatic rings. The van der Waals surface area contributed by atoms with Gasteiger partial charge in [0.25, 0.3) is 0 Å². The summed E-state index contributed by atoms with van der Waals surface area (Å²) in [5, 5.41) is 13.9. The van der Waals surface area contributed by atoms with E-state index in [1.54, 1.807) is 18.2 Å². The average Bonchev–Trinajstić information content (AvgIpc) is 2.78. The Morgan fingerprint density at radius 2 is 1.94 bits per heavy atom. The van der Waals surface area contributed by atoms with E-state index in [2.05, 4.69) is 5.32 Å². The van der Waals surface area contributed by atoms with Gasteiger partial charge in [-0.3, -0.25) is 9.59 Å². The molecule has 1 saturated heterocycles. The second-order valence-electron chi connectivity index (χ2n) is 8.35. The van der Waals surface area contributed by atoms with Gasteiger partial charge >= 0.3 is 5.97 Å². The van der Waals surface area contributed by atoms with Crippen LogP contribution in [0.4, 0.5) is 0 Å². The fourth-order valence-corrected chi connectivity index (χ4v) is 5.09. The van der Waals surface area contributed by atoms with Crippen molar-refractivity contribution in [3.63, 3.8) is 0 Å². The van der Waals surface area contributed by atoms with Crippen molar-refractivity contribution < 1.29 is 24.2 Å². The molecule has 33 heavy (non-hydrogen) atoms. The van der Waals surface area contributed by atoms with Crippen LogP contribution in [0.15, 0.2) is 48.5 Å². The first-order valence-corrected chi connectivity index (χ1v) is 11.6. The van der Waals surface area contributed by atoms with Crippen LogP contribution in [-0.2, 0) is 19.1 Å². The molecule has 0 spiro atoms. The molecule has 6 nitrogen and oxygen atoms in total. The van der Waals surface area contributed by atoms with Gasteiger partial charge in [0.05, 0.1) is 24.5 Å². The molecular formula is C25H27Cl2NO5. The van der Waals surface area contributed by atoms with Crippen molar-refractivity contribution in [3.05, 3.63) is 69.7 Å². The predicted octanol–water partition coefficient (Wildman–Crippen LogP) is 5.04. The number of ether oxygens (including phenoxy) is 1. The standard InChI is InChI=1S/C25H27Cl2NO5/c1-2-33-15-18(10-11-29)25(14-22(30)31)13-21(17-4-3-5-20(27)12-17)23(28-24(25)32)16-6-8-19(26)9-7-16/h3-9,11-12,18,21,23H,2,10,13-15H2,1H3,(H,28,32)(H,30,31)/t18-,21+,23+,25+/m0/s1. The molecule has 0 unspecified atom stereocenters. The van der Waals surface area contributed by atoms with Gasteiger partial charge < -0.3 is 20.0 Å². The van der Waals surface area contributed by atoms with Crippen LogP contribution < -0.4 is 5.32 Å². The van der Waals surface area contributed by atoms with Gasteiger partial charge in [0.2, 0.25) is 5.91 Å². The van der Waals surface area contributed by atoms with Crippen LogP contribution in [-0.4, -0.2) is 36.5 Å². The normalized spacial score (nSPS) is 23.5. The third kappa shape index (κ3) is 5.75. The lowest BCUT2D eigenvalue weighted by Gasteiger charge is -2.47. The first kappa shape index (κ1) is 25.2. The molecule has 3 rings (SSSR count). The molecule has 1 fully saturated rings. The minimum absolute atomic E-state index is 0.0224. The maximum absolute atomic E-state index is 13.6. The highest BCUT2D eigenvalue weighted by molar-refractivity contribution is 6.30. The summed E-state index contributed by atoms with van der Waals surface area (Å²) in [6, 6.07) is 14.1. The molecule has 2 aromatic rings. The van der Waals surface area contributed by atoms with Gasteiger partial charge in [-0.05, 0) is 48.7 Å². The number of carboxylic acid groups (broad SMARTS) is 1. The van der Waals surface area contributed by atoms with Gasteiger partial charge in [0, 0.05) is 34.9 Å². The predicted molar refractivity (Wildman–Crippen MR) is 126 cm³/mol. The zero-order valence-electron chi connectivity index (χ0n) is 18.3. The van der Waals surface area contributed by atoms with Gasteiger partial charge in [-0.15, -0.1) is 0 Å². The molecule has 176 valence electrons. The molecule has 8 heteroatoms. The van der Waals surface area contributed by atoms with Crippen LogP contribution in [0.2, 0.25) is 10.0 Å². The first-order chi connectivity index (χ1) is 15.8. The number of amides is 1. The van der Waals surface area contributed by atoms with Crippen LogP contribution in [0.25, 0.3) is 0 Å². The first-order valence-electron chi connectivity index (χ1n) is 10.9. The summed E-state index contributed by atoms with van der Waals surface area (Å²) in [4.78, 5) is 37.1. The molecular weight excluding hydrogens is 465 g/mol. The fraction of sp³-hybridized carbons (Fsp3) is 0.400. The topological polar surface area (TPSA) is 92.7 Å². The number of aliphatic carboxylic acids is 1. The number of carbonyl (C=O) groups is 3. The fourth-order valence-electron chi connectivity index (χ4n) is 4.77. The summed E-state index contributed by atoms with van der Waals surface area (Å²) in [5.41, 5.74) is 0.398. The number of benzene rings is 2. The highest BCUT2D eigenvalue weighted by Gasteiger charge is 2.53. The van der Waals surface area contributed by atoms with Gasteiger partial charge in [0.15, 0.2) is 0 Å². The molecule has 1 amide bonds. The number of halogens is 2. The number of hydrogen-bond donors (Lipinski definition) is 2. The largest absolute Gasteiger partial charge is 0.481 e. The van der Waals surface area contributed by atoms with Crippen LogP contribution in [0.5, 0.6) is 0 Å². The third-order valence-electron chi connectivity index (χ3n) is 6.38. The van der Waals surface area contributed by atoms with E-state index in [-0.39, 0.29) is 25.4 Å². The number of carboxylic acids is 1. The van der Waals surface area contributed by atoms with Crippen molar-refractivity contribution in [1.29, 1.82) is 0 Å². The number of aldehydes is 1. The van der Waals surface area contributed by atoms with Crippen LogP contribution in [0, 0.1) is 11.3 Å². The Kier molecular flexibility index (Phi) is 8.51. The van der Waals surface area contributed by atoms with Crippen molar-refractivity contribution in [2.45, 2.75) is 38.1 Å². The lowest BCUT2D eigenvalue weighted by molar-refractivity contribution is -0.154. The maximum Gasteiger partial charge on any atom is 0.304 e. The third-order valence-corrected chi connectivity index (χ3v) is 6.87. The van der Waals surface area contributed by atoms with Gasteiger partial charge in [-0.2, -0.15) is 0 Å². The molecule has 0 saturated carbocycles. The Morgan fingerprint density at radius 3 is 2.55 bits per heavy atom. The number of piperidine rings is 1. The molecule has 1 heterocycles. The second-order valence-corrected chi connectivity index (χ2v) is 9.23. The van der Waals surface area contributed by atoms with Crippen molar-refractivity contribution in [1.82, 2.24) is 5.32 Å². The molecule has 0 aromatic heterocycles. The quantitative estimate of drug-likeness (QED) is 0.454. The number of hydrogen-bond acceptors (Lipinski definition) is 4. The Hall–Kier alpha value is -2.41. The summed E-state index contributed by atoms with van der Waals surface area (Å²) in [6.45, 7) is 2.32. The summed E-state index contributed by atoms with van der Waals surface area (Å²) in [5.74, 6) is -2.36. The van der Waals surface area contributed by atoms with E-state index in [1.165, 1.54) is 0 Å². The van der Waals surface area contributed by atoms with Gasteiger partial charge in [-0.1, -0.05) is 47.5 Å². The summed E-state index contributed by atoms with van der Waals surface area (Å²) in [7, 11) is 0. The molecule has 0 bridgehead atoms. The highest BCUT2D eigenvalue weighted by Crippen LogP contribution is 2.51. The van der Waals surface area contributed by atoms with Crippen molar-refractivity contribution >= 4 is 41.4 Å². The summed E-state index contributed by atoms with van der Waals surface area (Å²) >= 11 is 12.3. The lowest BCUT2D eigenvalue weighted by atomic mass is 9.61. The number of carbonyl (C=O) groups excluding carboxylic acids is 2. The Morgan fingerprint density at radius 1 is 1.21 bits per heavy atom. The Labute approximate surface area is 203 Å². The van der Waals surface area contributed by atoms with Crippen LogP contribution in [0.1, 0.15) is 49.3 Å². The van der Waals surface area contributed by atoms with E-state index < -0.39 is 35.7 Å². The highest BCUT2D eigenvalue weighted by atomic mass is 35.5. The molecule has 0 aliphatic carbocycles. The van der Waals surface area contributed by atoms with Gasteiger partial charge in [-0.25, -0.2) is 0 Å². The van der Waals surface area contributed by atoms with Crippen molar-refractivity contribution in [2.24, 2.45) is 11.3 Å². The van der Waals surface area contributed by atoms with E-state index in [9.17, 15) is 19.5 Å². The zero-order chi connectivity index (χ0) is 24.0. The van der Waals surface area contributed by atoms with E-state index in [1.807, 2.05) is 37.3 Å². The molecule has 4 atom stereocenters. The monoisotopic (exact) mass is 491 g/mol. The second kappa shape index (κ2) is 11.1. The zero-order valence-corrected chi connectivity index (χ0v) is 19.8. The lowest BCUT2D eigenvalue weighted by Crippen LogP contribution is -2.55. The molecule has 2 N–H and O–H groups in total. The summed E-state index contributed by atoms with van der Waals surface area (Å²) in [6.07, 6.45) is 0.563. The summed E-state index contributed by atoms with van der Waals surface area (Å²) < 4.78 is 5.57. The van der Waals surface area contributed by atoms with Crippen LogP contribution >= 0.6 is 23.2 Å². The van der Waals surface area contributed by atoms with E-state index in [4.69, 9.17) is 27.9 Å². The maximum atomic E-state index is 13.6.